The van der Waals surface area contributed by atoms with Crippen LogP contribution in [0.1, 0.15) is 44.0 Å². The number of nitrogens with one attached hydrogen (secondary N) is 2. The number of rotatable bonds is 3. The fourth-order valence-corrected chi connectivity index (χ4v) is 4.16. The summed E-state index contributed by atoms with van der Waals surface area (Å²) in [6, 6.07) is 5.49. The van der Waals surface area contributed by atoms with Crippen LogP contribution in [0.15, 0.2) is 18.2 Å². The number of piperidine rings is 1. The van der Waals surface area contributed by atoms with Crippen LogP contribution in [0.25, 0.3) is 11.0 Å². The van der Waals surface area contributed by atoms with Crippen LogP contribution in [0.2, 0.25) is 0 Å². The molecule has 3 unspecified atom stereocenters. The van der Waals surface area contributed by atoms with Crippen molar-refractivity contribution in [2.75, 3.05) is 13.1 Å². The number of carbonyl (C=O) groups is 2. The number of ether oxygens (including phenoxy) is 1. The highest BCUT2D eigenvalue weighted by Crippen LogP contribution is 2.42. The first-order valence-electron chi connectivity index (χ1n) is 9.38. The molecule has 1 aliphatic heterocycles. The smallest absolute Gasteiger partial charge is 0.410 e. The zero-order chi connectivity index (χ0) is 19.2. The topological polar surface area (TPSA) is 100 Å². The lowest BCUT2D eigenvalue weighted by atomic mass is 9.94. The van der Waals surface area contributed by atoms with Gasteiger partial charge in [0.05, 0.1) is 0 Å². The monoisotopic (exact) mass is 371 g/mol. The fraction of sp³-hybridized carbons (Fsp3) is 0.579. The average Bonchev–Trinajstić information content (AvgIpc) is 3.31. The van der Waals surface area contributed by atoms with E-state index in [2.05, 4.69) is 20.7 Å². The summed E-state index contributed by atoms with van der Waals surface area (Å²) in [5, 5.41) is 13.6. The second-order valence-electron chi connectivity index (χ2n) is 8.52. The van der Waals surface area contributed by atoms with Crippen LogP contribution in [-0.4, -0.2) is 57.0 Å². The molecular formula is C19H25N5O3. The Morgan fingerprint density at radius 1 is 1.26 bits per heavy atom. The number of nitrogens with zero attached hydrogens (tertiary/aromatic N) is 3. The number of amides is 2. The molecule has 1 aliphatic carbocycles. The summed E-state index contributed by atoms with van der Waals surface area (Å²) >= 11 is 0. The van der Waals surface area contributed by atoms with Crippen molar-refractivity contribution in [2.45, 2.75) is 45.3 Å². The normalized spacial score (nSPS) is 24.4. The van der Waals surface area contributed by atoms with E-state index in [1.165, 1.54) is 0 Å². The van der Waals surface area contributed by atoms with Crippen molar-refractivity contribution in [3.8, 4) is 0 Å². The van der Waals surface area contributed by atoms with Gasteiger partial charge in [0.25, 0.3) is 5.91 Å². The molecule has 27 heavy (non-hydrogen) atoms. The van der Waals surface area contributed by atoms with Crippen molar-refractivity contribution >= 4 is 23.0 Å². The molecule has 1 saturated carbocycles. The predicted octanol–water partition coefficient (Wildman–Crippen LogP) is 2.33. The van der Waals surface area contributed by atoms with Gasteiger partial charge in [-0.2, -0.15) is 15.4 Å². The first-order chi connectivity index (χ1) is 12.8. The lowest BCUT2D eigenvalue weighted by Crippen LogP contribution is -2.44. The number of benzene rings is 1. The second kappa shape index (κ2) is 6.51. The molecule has 8 nitrogen and oxygen atoms in total. The first kappa shape index (κ1) is 17.8. The Kier molecular flexibility index (Phi) is 4.28. The second-order valence-corrected chi connectivity index (χ2v) is 8.52. The summed E-state index contributed by atoms with van der Waals surface area (Å²) in [6.07, 6.45) is 1.68. The number of hydrogen-bond acceptors (Lipinski definition) is 5. The Balaban J connectivity index is 1.31. The molecule has 1 aromatic heterocycles. The third kappa shape index (κ3) is 3.61. The van der Waals surface area contributed by atoms with Gasteiger partial charge in [-0.1, -0.05) is 0 Å². The maximum atomic E-state index is 12.4. The van der Waals surface area contributed by atoms with Crippen molar-refractivity contribution < 1.29 is 14.3 Å². The summed E-state index contributed by atoms with van der Waals surface area (Å²) in [7, 11) is 0. The van der Waals surface area contributed by atoms with E-state index in [4.69, 9.17) is 4.74 Å². The van der Waals surface area contributed by atoms with Crippen molar-refractivity contribution in [3.05, 3.63) is 23.8 Å². The van der Waals surface area contributed by atoms with Crippen LogP contribution in [0.5, 0.6) is 0 Å². The predicted molar refractivity (Wildman–Crippen MR) is 99.2 cm³/mol. The molecule has 0 radical (unpaired) electrons. The Morgan fingerprint density at radius 2 is 2.04 bits per heavy atom. The van der Waals surface area contributed by atoms with E-state index in [1.54, 1.807) is 18.2 Å². The molecule has 1 saturated heterocycles. The Bertz CT molecular complexity index is 872. The Morgan fingerprint density at radius 3 is 2.74 bits per heavy atom. The van der Waals surface area contributed by atoms with Crippen molar-refractivity contribution in [3.63, 3.8) is 0 Å². The van der Waals surface area contributed by atoms with Crippen LogP contribution in [0, 0.1) is 11.8 Å². The molecule has 0 spiro atoms. The zero-order valence-corrected chi connectivity index (χ0v) is 15.9. The van der Waals surface area contributed by atoms with Gasteiger partial charge < -0.3 is 15.0 Å². The summed E-state index contributed by atoms with van der Waals surface area (Å²) in [5.74, 6) is 0.709. The molecule has 8 heteroatoms. The molecule has 2 amide bonds. The quantitative estimate of drug-likeness (QED) is 0.862. The standard InChI is InChI=1S/C19H25N5O3/c1-19(2,3)27-18(26)24-10-13-7-14(24)6-12(13)9-20-17(25)11-4-5-15-16(8-11)22-23-21-15/h4-5,8,12-14H,6-7,9-10H2,1-3H3,(H,20,25)(H,21,22,23). The molecule has 144 valence electrons. The highest BCUT2D eigenvalue weighted by Gasteiger charge is 2.47. The highest BCUT2D eigenvalue weighted by molar-refractivity contribution is 5.97. The number of fused-ring (bicyclic) bond motifs is 3. The van der Waals surface area contributed by atoms with Crippen LogP contribution in [0.4, 0.5) is 4.79 Å². The average molecular weight is 371 g/mol. The number of hydrogen-bond donors (Lipinski definition) is 2. The van der Waals surface area contributed by atoms with E-state index in [9.17, 15) is 9.59 Å². The van der Waals surface area contributed by atoms with E-state index >= 15 is 0 Å². The van der Waals surface area contributed by atoms with Crippen molar-refractivity contribution in [1.82, 2.24) is 25.6 Å². The van der Waals surface area contributed by atoms with Gasteiger partial charge >= 0.3 is 6.09 Å². The minimum absolute atomic E-state index is 0.105. The Hall–Kier alpha value is -2.64. The summed E-state index contributed by atoms with van der Waals surface area (Å²) in [6.45, 7) is 6.99. The number of aromatic amines is 1. The summed E-state index contributed by atoms with van der Waals surface area (Å²) < 4.78 is 5.50. The van der Waals surface area contributed by atoms with E-state index < -0.39 is 5.60 Å². The van der Waals surface area contributed by atoms with Crippen molar-refractivity contribution in [2.24, 2.45) is 11.8 Å². The molecule has 3 atom stereocenters. The van der Waals surface area contributed by atoms with Gasteiger partial charge in [-0.25, -0.2) is 4.79 Å². The van der Waals surface area contributed by atoms with Gasteiger partial charge in [0.2, 0.25) is 0 Å². The fourth-order valence-electron chi connectivity index (χ4n) is 4.16. The lowest BCUT2D eigenvalue weighted by Gasteiger charge is -2.33. The van der Waals surface area contributed by atoms with E-state index in [1.807, 2.05) is 25.7 Å². The summed E-state index contributed by atoms with van der Waals surface area (Å²) in [5.41, 5.74) is 1.52. The zero-order valence-electron chi connectivity index (χ0n) is 15.9. The minimum Gasteiger partial charge on any atom is -0.444 e. The van der Waals surface area contributed by atoms with E-state index in [-0.39, 0.29) is 18.0 Å². The third-order valence-corrected chi connectivity index (χ3v) is 5.42. The third-order valence-electron chi connectivity index (χ3n) is 5.42. The van der Waals surface area contributed by atoms with E-state index in [0.717, 1.165) is 18.4 Å². The molecule has 2 aliphatic rings. The van der Waals surface area contributed by atoms with Gasteiger partial charge in [-0.15, -0.1) is 0 Å². The van der Waals surface area contributed by atoms with Gasteiger partial charge in [0, 0.05) is 24.7 Å². The lowest BCUT2D eigenvalue weighted by molar-refractivity contribution is 0.0161. The maximum absolute atomic E-state index is 12.4. The molecule has 2 fully saturated rings. The molecule has 2 aromatic rings. The number of carbonyl (C=O) groups excluding carboxylic acids is 2. The highest BCUT2D eigenvalue weighted by atomic mass is 16.6. The SMILES string of the molecule is CC(C)(C)OC(=O)N1CC2CC1CC2CNC(=O)c1ccc2n[nH]nc2c1. The first-order valence-corrected chi connectivity index (χ1v) is 9.38. The minimum atomic E-state index is -0.475. The number of likely N-dealkylation sites (tertiary alicyclic amines) is 1. The Labute approximate surface area is 157 Å². The molecule has 4 rings (SSSR count). The van der Waals surface area contributed by atoms with Crippen LogP contribution >= 0.6 is 0 Å². The summed E-state index contributed by atoms with van der Waals surface area (Å²) in [4.78, 5) is 26.6. The number of aromatic nitrogens is 3. The van der Waals surface area contributed by atoms with Gasteiger partial charge in [-0.05, 0) is 63.6 Å². The van der Waals surface area contributed by atoms with Crippen molar-refractivity contribution in [1.29, 1.82) is 0 Å². The number of H-pyrrole nitrogens is 1. The molecule has 2 heterocycles. The van der Waals surface area contributed by atoms with Crippen LogP contribution in [-0.2, 0) is 4.74 Å². The van der Waals surface area contributed by atoms with E-state index in [0.29, 0.717) is 36.0 Å². The molecule has 1 aromatic carbocycles. The largest absolute Gasteiger partial charge is 0.444 e. The molecular weight excluding hydrogens is 346 g/mol. The van der Waals surface area contributed by atoms with Crippen LogP contribution in [0.3, 0.4) is 0 Å². The van der Waals surface area contributed by atoms with Gasteiger partial charge in [-0.3, -0.25) is 4.79 Å². The van der Waals surface area contributed by atoms with Gasteiger partial charge in [0.1, 0.15) is 16.6 Å². The molecule has 2 bridgehead atoms. The maximum Gasteiger partial charge on any atom is 0.410 e. The van der Waals surface area contributed by atoms with Gasteiger partial charge in [0.15, 0.2) is 0 Å². The van der Waals surface area contributed by atoms with Crippen LogP contribution < -0.4 is 5.32 Å². The molecule has 2 N–H and O–H groups in total.